The van der Waals surface area contributed by atoms with E-state index in [0.29, 0.717) is 19.4 Å². The molecule has 5 nitrogen and oxygen atoms in total. The second-order valence-electron chi connectivity index (χ2n) is 9.00. The topological polar surface area (TPSA) is 69.6 Å². The highest BCUT2D eigenvalue weighted by Gasteiger charge is 2.18. The Kier molecular flexibility index (Phi) is 20.9. The predicted octanol–water partition coefficient (Wildman–Crippen LogP) is 6.33. The number of amides is 1. The molecule has 2 N–H and O–H groups in total. The number of carboxylic acid groups (broad SMARTS) is 1. The molecule has 0 aliphatic rings. The average Bonchev–Trinajstić information content (AvgIpc) is 2.72. The minimum atomic E-state index is -0.779. The van der Waals surface area contributed by atoms with Gasteiger partial charge in [-0.2, -0.15) is 0 Å². The number of hydrogen-bond acceptors (Lipinski definition) is 3. The van der Waals surface area contributed by atoms with Gasteiger partial charge in [0, 0.05) is 13.0 Å². The number of nitrogens with zero attached hydrogens (tertiary/aromatic N) is 1. The molecular weight excluding hydrogens is 388 g/mol. The lowest BCUT2D eigenvalue weighted by atomic mass is 10.1. The van der Waals surface area contributed by atoms with E-state index in [1.807, 2.05) is 0 Å². The van der Waals surface area contributed by atoms with E-state index >= 15 is 0 Å². The summed E-state index contributed by atoms with van der Waals surface area (Å²) in [6.07, 6.45) is 24.0. The molecule has 31 heavy (non-hydrogen) atoms. The quantitative estimate of drug-likeness (QED) is 0.153. The van der Waals surface area contributed by atoms with Crippen LogP contribution in [0.5, 0.6) is 0 Å². The predicted molar refractivity (Wildman–Crippen MR) is 131 cm³/mol. The van der Waals surface area contributed by atoms with Crippen molar-refractivity contribution in [3.8, 4) is 0 Å². The molecule has 0 aromatic heterocycles. The molecule has 0 aliphatic heterocycles. The maximum absolute atomic E-state index is 11.9. The van der Waals surface area contributed by atoms with Gasteiger partial charge in [0.2, 0.25) is 5.91 Å². The third kappa shape index (κ3) is 20.3. The molecule has 0 aromatic carbocycles. The number of carbonyl (C=O) groups is 2. The molecule has 0 fully saturated rings. The van der Waals surface area contributed by atoms with Gasteiger partial charge in [0.15, 0.2) is 0 Å². The van der Waals surface area contributed by atoms with Gasteiger partial charge in [-0.1, -0.05) is 70.4 Å². The van der Waals surface area contributed by atoms with E-state index in [4.69, 9.17) is 5.11 Å². The first-order chi connectivity index (χ1) is 15.0. The van der Waals surface area contributed by atoms with Crippen molar-refractivity contribution in [2.75, 3.05) is 20.6 Å². The first-order valence-corrected chi connectivity index (χ1v) is 12.8. The Bertz CT molecular complexity index is 464. The van der Waals surface area contributed by atoms with Crippen molar-refractivity contribution < 1.29 is 14.7 Å². The molecule has 182 valence electrons. The third-order valence-corrected chi connectivity index (χ3v) is 5.80. The fourth-order valence-electron chi connectivity index (χ4n) is 3.74. The Morgan fingerprint density at radius 3 is 1.90 bits per heavy atom. The summed E-state index contributed by atoms with van der Waals surface area (Å²) >= 11 is 0. The Morgan fingerprint density at radius 2 is 1.35 bits per heavy atom. The Balaban J connectivity index is 3.39. The molecule has 0 bridgehead atoms. The van der Waals surface area contributed by atoms with Crippen LogP contribution in [0.4, 0.5) is 0 Å². The van der Waals surface area contributed by atoms with Gasteiger partial charge >= 0.3 is 5.97 Å². The summed E-state index contributed by atoms with van der Waals surface area (Å²) in [4.78, 5) is 24.7. The van der Waals surface area contributed by atoms with Crippen molar-refractivity contribution >= 4 is 11.9 Å². The smallest absolute Gasteiger partial charge is 0.320 e. The standard InChI is InChI=1S/C26H50N2O3/c1-4-5-6-7-8-9-10-11-12-13-14-15-16-17-18-22-25(29)27-23-20-19-21-24(26(30)31)28(2)3/h11-12,24H,4-10,13-23H2,1-3H3,(H,27,29)(H,30,31)/b12-11-. The number of carboxylic acids is 1. The SMILES string of the molecule is CCCCCCCC/C=C\CCCCCCCC(=O)NCCCCC(C(=O)O)N(C)C. The minimum Gasteiger partial charge on any atom is -0.480 e. The van der Waals surface area contributed by atoms with Crippen LogP contribution in [-0.4, -0.2) is 48.6 Å². The normalized spacial score (nSPS) is 12.5. The third-order valence-electron chi connectivity index (χ3n) is 5.80. The van der Waals surface area contributed by atoms with Gasteiger partial charge in [0.25, 0.3) is 0 Å². The van der Waals surface area contributed by atoms with Crippen molar-refractivity contribution in [1.29, 1.82) is 0 Å². The summed E-state index contributed by atoms with van der Waals surface area (Å²) in [5.41, 5.74) is 0. The van der Waals surface area contributed by atoms with Crippen LogP contribution in [0.1, 0.15) is 116 Å². The lowest BCUT2D eigenvalue weighted by Gasteiger charge is -2.19. The lowest BCUT2D eigenvalue weighted by molar-refractivity contribution is -0.142. The van der Waals surface area contributed by atoms with Crippen LogP contribution < -0.4 is 5.32 Å². The molecule has 0 saturated heterocycles. The van der Waals surface area contributed by atoms with Gasteiger partial charge in [-0.3, -0.25) is 14.5 Å². The van der Waals surface area contributed by atoms with Gasteiger partial charge in [-0.15, -0.1) is 0 Å². The fourth-order valence-corrected chi connectivity index (χ4v) is 3.74. The average molecular weight is 439 g/mol. The molecule has 1 amide bonds. The van der Waals surface area contributed by atoms with E-state index < -0.39 is 12.0 Å². The van der Waals surface area contributed by atoms with E-state index in [9.17, 15) is 9.59 Å². The summed E-state index contributed by atoms with van der Waals surface area (Å²) in [6, 6.07) is -0.438. The van der Waals surface area contributed by atoms with Gasteiger partial charge < -0.3 is 10.4 Å². The number of rotatable bonds is 22. The van der Waals surface area contributed by atoms with Crippen LogP contribution in [0, 0.1) is 0 Å². The van der Waals surface area contributed by atoms with Crippen molar-refractivity contribution in [2.45, 2.75) is 122 Å². The Morgan fingerprint density at radius 1 is 0.806 bits per heavy atom. The lowest BCUT2D eigenvalue weighted by Crippen LogP contribution is -2.35. The van der Waals surface area contributed by atoms with Crippen molar-refractivity contribution in [1.82, 2.24) is 10.2 Å². The largest absolute Gasteiger partial charge is 0.480 e. The molecule has 0 aliphatic carbocycles. The number of unbranched alkanes of at least 4 members (excludes halogenated alkanes) is 12. The zero-order chi connectivity index (χ0) is 23.2. The molecule has 0 radical (unpaired) electrons. The summed E-state index contributed by atoms with van der Waals surface area (Å²) < 4.78 is 0. The Labute approximate surface area is 192 Å². The number of hydrogen-bond donors (Lipinski definition) is 2. The molecule has 1 unspecified atom stereocenters. The monoisotopic (exact) mass is 438 g/mol. The molecule has 0 aromatic rings. The maximum atomic E-state index is 11.9. The van der Waals surface area contributed by atoms with Gasteiger partial charge in [0.1, 0.15) is 6.04 Å². The highest BCUT2D eigenvalue weighted by atomic mass is 16.4. The molecule has 0 rings (SSSR count). The second-order valence-corrected chi connectivity index (χ2v) is 9.00. The zero-order valence-corrected chi connectivity index (χ0v) is 20.7. The van der Waals surface area contributed by atoms with Gasteiger partial charge in [-0.25, -0.2) is 0 Å². The van der Waals surface area contributed by atoms with Crippen molar-refractivity contribution in [3.05, 3.63) is 12.2 Å². The Hall–Kier alpha value is -1.36. The van der Waals surface area contributed by atoms with Gasteiger partial charge in [-0.05, 0) is 65.5 Å². The van der Waals surface area contributed by atoms with E-state index in [0.717, 1.165) is 25.7 Å². The van der Waals surface area contributed by atoms with Crippen LogP contribution in [0.25, 0.3) is 0 Å². The van der Waals surface area contributed by atoms with Crippen molar-refractivity contribution in [2.24, 2.45) is 0 Å². The molecule has 0 saturated carbocycles. The second kappa shape index (κ2) is 21.9. The highest BCUT2D eigenvalue weighted by molar-refractivity contribution is 5.75. The maximum Gasteiger partial charge on any atom is 0.320 e. The molecular formula is C26H50N2O3. The summed E-state index contributed by atoms with van der Waals surface area (Å²) in [5, 5.41) is 12.1. The van der Waals surface area contributed by atoms with Crippen LogP contribution >= 0.6 is 0 Å². The molecule has 0 heterocycles. The molecule has 1 atom stereocenters. The fraction of sp³-hybridized carbons (Fsp3) is 0.846. The first-order valence-electron chi connectivity index (χ1n) is 12.8. The van der Waals surface area contributed by atoms with Crippen molar-refractivity contribution in [3.63, 3.8) is 0 Å². The van der Waals surface area contributed by atoms with E-state index in [-0.39, 0.29) is 5.91 Å². The molecule has 5 heteroatoms. The van der Waals surface area contributed by atoms with Crippen LogP contribution in [0.2, 0.25) is 0 Å². The summed E-state index contributed by atoms with van der Waals surface area (Å²) in [5.74, 6) is -0.654. The zero-order valence-electron chi connectivity index (χ0n) is 20.7. The highest BCUT2D eigenvalue weighted by Crippen LogP contribution is 2.10. The first kappa shape index (κ1) is 29.6. The minimum absolute atomic E-state index is 0.125. The summed E-state index contributed by atoms with van der Waals surface area (Å²) in [7, 11) is 3.57. The number of allylic oxidation sites excluding steroid dienone is 2. The van der Waals surface area contributed by atoms with Crippen LogP contribution in [0.15, 0.2) is 12.2 Å². The van der Waals surface area contributed by atoms with Crippen LogP contribution in [-0.2, 0) is 9.59 Å². The number of likely N-dealkylation sites (N-methyl/N-ethyl adjacent to an activating group) is 1. The molecule has 0 spiro atoms. The number of aliphatic carboxylic acids is 1. The van der Waals surface area contributed by atoms with Gasteiger partial charge in [0.05, 0.1) is 0 Å². The van der Waals surface area contributed by atoms with Crippen LogP contribution in [0.3, 0.4) is 0 Å². The van der Waals surface area contributed by atoms with E-state index in [1.165, 1.54) is 70.6 Å². The number of carbonyl (C=O) groups excluding carboxylic acids is 1. The summed E-state index contributed by atoms with van der Waals surface area (Å²) in [6.45, 7) is 2.90. The van der Waals surface area contributed by atoms with E-state index in [2.05, 4.69) is 24.4 Å². The number of nitrogens with one attached hydrogen (secondary N) is 1. The van der Waals surface area contributed by atoms with E-state index in [1.54, 1.807) is 19.0 Å².